The molecule has 4 aliphatic rings. The Kier molecular flexibility index (Phi) is 4.54. The molecule has 1 aromatic rings. The van der Waals surface area contributed by atoms with Gasteiger partial charge in [0.05, 0.1) is 0 Å². The van der Waals surface area contributed by atoms with Crippen LogP contribution in [0.2, 0.25) is 0 Å². The molecule has 0 bridgehead atoms. The number of ether oxygens (including phenoxy) is 1. The molecule has 0 fully saturated rings. The highest BCUT2D eigenvalue weighted by molar-refractivity contribution is 6.00. The predicted molar refractivity (Wildman–Crippen MR) is 121 cm³/mol. The molecule has 3 aliphatic carbocycles. The molecule has 0 radical (unpaired) electrons. The van der Waals surface area contributed by atoms with Gasteiger partial charge in [-0.05, 0) is 65.6 Å². The zero-order valence-corrected chi connectivity index (χ0v) is 18.2. The predicted octanol–water partition coefficient (Wildman–Crippen LogP) is 7.06. The number of allylic oxidation sites excluding steroid dienone is 2. The minimum atomic E-state index is -0.0578. The standard InChI is InChI=1S/C28H28O2/c1-16(2)19-13-12-17(3)26-21(15-19)18(4)14-22(26)27-20-8-5-6-10-24(20)30-25-11-7-9-23(29)28(25)27/h5-6,8,10,12-16,27H,7,9,11H2,1-4H3. The van der Waals surface area contributed by atoms with Crippen LogP contribution >= 0.6 is 0 Å². The third-order valence-corrected chi connectivity index (χ3v) is 6.72. The lowest BCUT2D eigenvalue weighted by molar-refractivity contribution is -0.116. The van der Waals surface area contributed by atoms with E-state index >= 15 is 0 Å². The molecular weight excluding hydrogens is 368 g/mol. The van der Waals surface area contributed by atoms with Gasteiger partial charge in [0.2, 0.25) is 0 Å². The van der Waals surface area contributed by atoms with E-state index in [-0.39, 0.29) is 11.7 Å². The van der Waals surface area contributed by atoms with Gasteiger partial charge in [0.1, 0.15) is 11.5 Å². The third kappa shape index (κ3) is 2.89. The van der Waals surface area contributed by atoms with E-state index < -0.39 is 0 Å². The first-order chi connectivity index (χ1) is 14.5. The molecule has 152 valence electrons. The lowest BCUT2D eigenvalue weighted by Gasteiger charge is -2.33. The van der Waals surface area contributed by atoms with Crippen LogP contribution in [0.25, 0.3) is 11.1 Å². The summed E-state index contributed by atoms with van der Waals surface area (Å²) in [6.45, 7) is 8.86. The number of ketones is 1. The molecule has 1 unspecified atom stereocenters. The Hall–Kier alpha value is -2.87. The summed E-state index contributed by atoms with van der Waals surface area (Å²) >= 11 is 0. The maximum Gasteiger partial charge on any atom is 0.163 e. The van der Waals surface area contributed by atoms with Crippen LogP contribution in [0.15, 0.2) is 59.9 Å². The van der Waals surface area contributed by atoms with Gasteiger partial charge in [0.15, 0.2) is 5.78 Å². The summed E-state index contributed by atoms with van der Waals surface area (Å²) in [6, 6.07) is 17.4. The SMILES string of the molecule is Cc1cc(C2C3=C(CCCC3=O)Oc3ccccc32)c2c(C)ccc(C(C)C)cc1-2. The Morgan fingerprint density at radius 2 is 1.73 bits per heavy atom. The van der Waals surface area contributed by atoms with Crippen LogP contribution in [-0.4, -0.2) is 5.78 Å². The normalized spacial score (nSPS) is 18.4. The fourth-order valence-electron chi connectivity index (χ4n) is 5.15. The van der Waals surface area contributed by atoms with E-state index in [4.69, 9.17) is 4.74 Å². The lowest BCUT2D eigenvalue weighted by atomic mass is 9.76. The molecule has 1 aliphatic heterocycles. The van der Waals surface area contributed by atoms with Crippen LogP contribution < -0.4 is 4.74 Å². The zero-order chi connectivity index (χ0) is 21.0. The number of hydrogen-bond acceptors (Lipinski definition) is 2. The van der Waals surface area contributed by atoms with Crippen molar-refractivity contribution in [1.82, 2.24) is 0 Å². The zero-order valence-electron chi connectivity index (χ0n) is 18.2. The van der Waals surface area contributed by atoms with Crippen LogP contribution in [0.5, 0.6) is 5.75 Å². The van der Waals surface area contributed by atoms with Crippen molar-refractivity contribution in [2.45, 2.75) is 58.8 Å². The van der Waals surface area contributed by atoms with Crippen LogP contribution in [0.3, 0.4) is 0 Å². The Morgan fingerprint density at radius 1 is 0.933 bits per heavy atom. The second-order valence-corrected chi connectivity index (χ2v) is 9.07. The minimum absolute atomic E-state index is 0.0578. The van der Waals surface area contributed by atoms with E-state index in [0.717, 1.165) is 35.5 Å². The second kappa shape index (κ2) is 7.12. The van der Waals surface area contributed by atoms with Crippen molar-refractivity contribution in [2.24, 2.45) is 0 Å². The monoisotopic (exact) mass is 396 g/mol. The van der Waals surface area contributed by atoms with E-state index in [1.54, 1.807) is 0 Å². The number of carbonyl (C=O) groups is 1. The van der Waals surface area contributed by atoms with Crippen molar-refractivity contribution in [3.05, 3.63) is 87.7 Å². The van der Waals surface area contributed by atoms with Crippen molar-refractivity contribution in [3.8, 4) is 16.9 Å². The van der Waals surface area contributed by atoms with E-state index in [0.29, 0.717) is 12.3 Å². The van der Waals surface area contributed by atoms with Gasteiger partial charge in [0.25, 0.3) is 0 Å². The number of hydrogen-bond donors (Lipinski definition) is 0. The number of aryl methyl sites for hydroxylation is 2. The molecule has 0 saturated carbocycles. The third-order valence-electron chi connectivity index (χ3n) is 6.72. The lowest BCUT2D eigenvalue weighted by Crippen LogP contribution is -2.25. The van der Waals surface area contributed by atoms with Gasteiger partial charge in [-0.1, -0.05) is 56.3 Å². The summed E-state index contributed by atoms with van der Waals surface area (Å²) in [6.07, 6.45) is 2.33. The summed E-state index contributed by atoms with van der Waals surface area (Å²) in [5.41, 5.74) is 9.68. The van der Waals surface area contributed by atoms with E-state index in [2.05, 4.69) is 64.1 Å². The number of Topliss-reactive ketones (excluding diaryl/α,β-unsaturated/α-hetero) is 1. The van der Waals surface area contributed by atoms with E-state index in [1.165, 1.54) is 33.4 Å². The first-order valence-corrected chi connectivity index (χ1v) is 11.0. The fourth-order valence-corrected chi connectivity index (χ4v) is 5.15. The van der Waals surface area contributed by atoms with Crippen molar-refractivity contribution in [2.75, 3.05) is 0 Å². The first-order valence-electron chi connectivity index (χ1n) is 11.0. The topological polar surface area (TPSA) is 26.3 Å². The number of benzene rings is 1. The highest BCUT2D eigenvalue weighted by atomic mass is 16.5. The molecule has 5 rings (SSSR count). The fraction of sp³-hybridized carbons (Fsp3) is 0.321. The molecule has 30 heavy (non-hydrogen) atoms. The van der Waals surface area contributed by atoms with Gasteiger partial charge in [0, 0.05) is 29.9 Å². The molecule has 1 heterocycles. The molecule has 1 atom stereocenters. The van der Waals surface area contributed by atoms with E-state index in [1.807, 2.05) is 12.1 Å². The van der Waals surface area contributed by atoms with Crippen molar-refractivity contribution < 1.29 is 9.53 Å². The van der Waals surface area contributed by atoms with Crippen LogP contribution in [0.1, 0.15) is 72.8 Å². The molecule has 0 amide bonds. The summed E-state index contributed by atoms with van der Waals surface area (Å²) in [5.74, 6) is 2.42. The Labute approximate surface area is 178 Å². The largest absolute Gasteiger partial charge is 0.461 e. The molecule has 0 N–H and O–H groups in total. The maximum absolute atomic E-state index is 13.1. The van der Waals surface area contributed by atoms with Crippen molar-refractivity contribution in [3.63, 3.8) is 0 Å². The van der Waals surface area contributed by atoms with Crippen LogP contribution in [-0.2, 0) is 4.79 Å². The van der Waals surface area contributed by atoms with Crippen LogP contribution in [0.4, 0.5) is 0 Å². The summed E-state index contributed by atoms with van der Waals surface area (Å²) in [7, 11) is 0. The minimum Gasteiger partial charge on any atom is -0.461 e. The maximum atomic E-state index is 13.1. The van der Waals surface area contributed by atoms with Crippen LogP contribution in [0, 0.1) is 13.8 Å². The highest BCUT2D eigenvalue weighted by Crippen LogP contribution is 2.51. The Balaban J connectivity index is 1.80. The van der Waals surface area contributed by atoms with Gasteiger partial charge in [-0.15, -0.1) is 0 Å². The average molecular weight is 397 g/mol. The first kappa shape index (κ1) is 19.1. The Bertz CT molecular complexity index is 1170. The molecule has 2 nitrogen and oxygen atoms in total. The summed E-state index contributed by atoms with van der Waals surface area (Å²) in [5, 5.41) is 0. The van der Waals surface area contributed by atoms with Crippen molar-refractivity contribution >= 4 is 5.78 Å². The summed E-state index contributed by atoms with van der Waals surface area (Å²) in [4.78, 5) is 13.1. The van der Waals surface area contributed by atoms with Gasteiger partial charge < -0.3 is 4.74 Å². The average Bonchev–Trinajstić information content (AvgIpc) is 2.93. The summed E-state index contributed by atoms with van der Waals surface area (Å²) < 4.78 is 6.23. The van der Waals surface area contributed by atoms with Gasteiger partial charge in [-0.3, -0.25) is 4.79 Å². The molecule has 1 aromatic carbocycles. The smallest absolute Gasteiger partial charge is 0.163 e. The number of rotatable bonds is 2. The van der Waals surface area contributed by atoms with Gasteiger partial charge >= 0.3 is 0 Å². The second-order valence-electron chi connectivity index (χ2n) is 9.07. The highest BCUT2D eigenvalue weighted by Gasteiger charge is 2.38. The number of fused-ring (bicyclic) bond motifs is 2. The quantitative estimate of drug-likeness (QED) is 0.463. The van der Waals surface area contributed by atoms with Gasteiger partial charge in [-0.25, -0.2) is 0 Å². The number of carbonyl (C=O) groups excluding carboxylic acids is 1. The molecule has 0 spiro atoms. The molecule has 0 aromatic heterocycles. The molecule has 2 heteroatoms. The molecule has 0 saturated heterocycles. The number of para-hydroxylation sites is 1. The Morgan fingerprint density at radius 3 is 2.53 bits per heavy atom. The molecular formula is C28H28O2. The van der Waals surface area contributed by atoms with Crippen molar-refractivity contribution in [1.29, 1.82) is 0 Å². The van der Waals surface area contributed by atoms with E-state index in [9.17, 15) is 4.79 Å². The van der Waals surface area contributed by atoms with Gasteiger partial charge in [-0.2, -0.15) is 0 Å².